The van der Waals surface area contributed by atoms with Crippen molar-refractivity contribution in [2.75, 3.05) is 6.61 Å². The van der Waals surface area contributed by atoms with Gasteiger partial charge < -0.3 is 20.3 Å². The van der Waals surface area contributed by atoms with Gasteiger partial charge in [0.15, 0.2) is 0 Å². The first kappa shape index (κ1) is 58.1. The molecule has 0 aliphatic carbocycles. The fourth-order valence-corrected chi connectivity index (χ4v) is 8.02. The molecule has 6 nitrogen and oxygen atoms in total. The predicted molar refractivity (Wildman–Crippen MR) is 259 cm³/mol. The summed E-state index contributed by atoms with van der Waals surface area (Å²) in [7, 11) is 0. The summed E-state index contributed by atoms with van der Waals surface area (Å²) in [5, 5.41) is 23.7. The largest absolute Gasteiger partial charge is 0.462 e. The SMILES string of the molecule is CCCCCCC/C=C/C=C/C=C/CCCCCCCC(=O)OC(CCCCCCCCCCC)CC(=O)NC(CO)C(O)CCCCCCCCCCCCCCCC. The second kappa shape index (κ2) is 48.1. The van der Waals surface area contributed by atoms with Crippen LogP contribution >= 0.6 is 0 Å². The van der Waals surface area contributed by atoms with Gasteiger partial charge in [-0.1, -0.05) is 243 Å². The van der Waals surface area contributed by atoms with Gasteiger partial charge in [0.1, 0.15) is 6.10 Å². The predicted octanol–water partition coefficient (Wildman–Crippen LogP) is 15.7. The quantitative estimate of drug-likeness (QED) is 0.0322. The maximum atomic E-state index is 13.2. The number of allylic oxidation sites excluding steroid dienone is 6. The molecule has 0 aliphatic heterocycles. The topological polar surface area (TPSA) is 95.9 Å². The molecule has 1 amide bonds. The van der Waals surface area contributed by atoms with Crippen molar-refractivity contribution in [2.24, 2.45) is 0 Å². The van der Waals surface area contributed by atoms with E-state index in [2.05, 4.69) is 62.5 Å². The highest BCUT2D eigenvalue weighted by Crippen LogP contribution is 2.18. The van der Waals surface area contributed by atoms with Gasteiger partial charge in [-0.25, -0.2) is 0 Å². The highest BCUT2D eigenvalue weighted by molar-refractivity contribution is 5.77. The van der Waals surface area contributed by atoms with Gasteiger partial charge in [-0.2, -0.15) is 0 Å². The van der Waals surface area contributed by atoms with E-state index in [0.29, 0.717) is 19.3 Å². The van der Waals surface area contributed by atoms with Gasteiger partial charge in [-0.05, 0) is 51.4 Å². The van der Waals surface area contributed by atoms with E-state index < -0.39 is 18.2 Å². The molecule has 0 spiro atoms. The Balaban J connectivity index is 4.47. The summed E-state index contributed by atoms with van der Waals surface area (Å²) < 4.78 is 5.91. The van der Waals surface area contributed by atoms with Gasteiger partial charge in [0.05, 0.1) is 25.2 Å². The first-order valence-electron chi connectivity index (χ1n) is 26.2. The van der Waals surface area contributed by atoms with E-state index in [1.807, 2.05) is 0 Å². The van der Waals surface area contributed by atoms with E-state index in [1.54, 1.807) is 0 Å². The van der Waals surface area contributed by atoms with Gasteiger partial charge in [-0.15, -0.1) is 0 Å². The molecule has 0 aromatic carbocycles. The number of aliphatic hydroxyl groups excluding tert-OH is 2. The first-order valence-corrected chi connectivity index (χ1v) is 26.2. The molecule has 3 unspecified atom stereocenters. The number of amides is 1. The summed E-state index contributed by atoms with van der Waals surface area (Å²) >= 11 is 0. The van der Waals surface area contributed by atoms with Crippen LogP contribution in [0.1, 0.15) is 271 Å². The maximum Gasteiger partial charge on any atom is 0.306 e. The third kappa shape index (κ3) is 42.8. The second-order valence-electron chi connectivity index (χ2n) is 18.0. The fraction of sp³-hybridized carbons (Fsp3) is 0.852. The third-order valence-electron chi connectivity index (χ3n) is 12.0. The lowest BCUT2D eigenvalue weighted by molar-refractivity contribution is -0.151. The van der Waals surface area contributed by atoms with Crippen LogP contribution in [0.3, 0.4) is 0 Å². The molecule has 0 bridgehead atoms. The number of unbranched alkanes of at least 4 members (excludes halogenated alkanes) is 31. The number of carbonyl (C=O) groups is 2. The normalized spacial score (nSPS) is 13.5. The molecule has 0 aliphatic rings. The Kier molecular flexibility index (Phi) is 46.6. The van der Waals surface area contributed by atoms with Crippen molar-refractivity contribution in [1.82, 2.24) is 5.32 Å². The van der Waals surface area contributed by atoms with Gasteiger partial charge in [0.25, 0.3) is 0 Å². The average Bonchev–Trinajstić information content (AvgIpc) is 3.24. The molecule has 0 aromatic rings. The van der Waals surface area contributed by atoms with Crippen molar-refractivity contribution in [3.05, 3.63) is 36.5 Å². The Morgan fingerprint density at radius 1 is 0.483 bits per heavy atom. The van der Waals surface area contributed by atoms with Crippen molar-refractivity contribution < 1.29 is 24.5 Å². The van der Waals surface area contributed by atoms with Crippen LogP contribution in [0.15, 0.2) is 36.5 Å². The number of aliphatic hydroxyl groups is 2. The summed E-state index contributed by atoms with van der Waals surface area (Å²) in [6, 6.07) is -0.702. The minimum atomic E-state index is -0.788. The van der Waals surface area contributed by atoms with Gasteiger partial charge in [0, 0.05) is 6.42 Å². The molecular formula is C54H101NO5. The van der Waals surface area contributed by atoms with Gasteiger partial charge >= 0.3 is 5.97 Å². The number of nitrogens with one attached hydrogen (secondary N) is 1. The summed E-state index contributed by atoms with van der Waals surface area (Å²) in [6.45, 7) is 6.46. The van der Waals surface area contributed by atoms with Crippen molar-refractivity contribution in [3.8, 4) is 0 Å². The minimum Gasteiger partial charge on any atom is -0.462 e. The van der Waals surface area contributed by atoms with Crippen LogP contribution in [0.25, 0.3) is 0 Å². The van der Waals surface area contributed by atoms with Crippen LogP contribution < -0.4 is 5.32 Å². The molecule has 352 valence electrons. The zero-order valence-corrected chi connectivity index (χ0v) is 40.1. The highest BCUT2D eigenvalue weighted by Gasteiger charge is 2.24. The fourth-order valence-electron chi connectivity index (χ4n) is 8.02. The molecule has 0 saturated carbocycles. The van der Waals surface area contributed by atoms with E-state index in [-0.39, 0.29) is 24.9 Å². The number of hydrogen-bond donors (Lipinski definition) is 3. The lowest BCUT2D eigenvalue weighted by Crippen LogP contribution is -2.46. The van der Waals surface area contributed by atoms with E-state index in [4.69, 9.17) is 4.74 Å². The summed E-state index contributed by atoms with van der Waals surface area (Å²) in [4.78, 5) is 26.1. The summed E-state index contributed by atoms with van der Waals surface area (Å²) in [5.41, 5.74) is 0. The molecule has 6 heteroatoms. The van der Waals surface area contributed by atoms with Crippen LogP contribution in [0.4, 0.5) is 0 Å². The molecule has 3 atom stereocenters. The smallest absolute Gasteiger partial charge is 0.306 e. The van der Waals surface area contributed by atoms with Crippen molar-refractivity contribution in [3.63, 3.8) is 0 Å². The van der Waals surface area contributed by atoms with Gasteiger partial charge in [0.2, 0.25) is 5.91 Å². The summed E-state index contributed by atoms with van der Waals surface area (Å²) in [5.74, 6) is -0.488. The number of rotatable bonds is 47. The number of hydrogen-bond acceptors (Lipinski definition) is 5. The van der Waals surface area contributed by atoms with Crippen LogP contribution in [-0.4, -0.2) is 46.9 Å². The summed E-state index contributed by atoms with van der Waals surface area (Å²) in [6.07, 6.45) is 56.3. The zero-order chi connectivity index (χ0) is 43.8. The molecule has 3 N–H and O–H groups in total. The third-order valence-corrected chi connectivity index (χ3v) is 12.0. The van der Waals surface area contributed by atoms with Crippen LogP contribution in [0, 0.1) is 0 Å². The molecule has 60 heavy (non-hydrogen) atoms. The zero-order valence-electron chi connectivity index (χ0n) is 40.1. The van der Waals surface area contributed by atoms with E-state index in [0.717, 1.165) is 64.2 Å². The number of ether oxygens (including phenoxy) is 1. The Bertz CT molecular complexity index is 993. The first-order chi connectivity index (χ1) is 29.5. The van der Waals surface area contributed by atoms with E-state index >= 15 is 0 Å². The number of esters is 1. The Labute approximate surface area is 373 Å². The van der Waals surface area contributed by atoms with Gasteiger partial charge in [-0.3, -0.25) is 9.59 Å². The van der Waals surface area contributed by atoms with E-state index in [1.165, 1.54) is 161 Å². The van der Waals surface area contributed by atoms with Crippen molar-refractivity contribution in [1.29, 1.82) is 0 Å². The Morgan fingerprint density at radius 2 is 0.850 bits per heavy atom. The molecule has 0 heterocycles. The standard InChI is InChI=1S/C54H101NO5/c1-4-7-10-13-16-19-21-23-25-26-27-28-30-32-35-38-41-44-47-54(59)60-50(45-42-39-36-33-18-15-12-9-6-3)48-53(58)55-51(49-56)52(57)46-43-40-37-34-31-29-24-22-20-17-14-11-8-5-2/h21,23,25-28,50-52,56-57H,4-20,22,24,29-49H2,1-3H3,(H,55,58)/b23-21+,26-25+,28-27+. The second-order valence-corrected chi connectivity index (χ2v) is 18.0. The average molecular weight is 844 g/mol. The highest BCUT2D eigenvalue weighted by atomic mass is 16.5. The molecule has 0 fully saturated rings. The monoisotopic (exact) mass is 844 g/mol. The van der Waals surface area contributed by atoms with Crippen LogP contribution in [-0.2, 0) is 14.3 Å². The van der Waals surface area contributed by atoms with Crippen LogP contribution in [0.5, 0.6) is 0 Å². The lowest BCUT2D eigenvalue weighted by atomic mass is 10.0. The Morgan fingerprint density at radius 3 is 1.27 bits per heavy atom. The van der Waals surface area contributed by atoms with E-state index in [9.17, 15) is 19.8 Å². The van der Waals surface area contributed by atoms with Crippen LogP contribution in [0.2, 0.25) is 0 Å². The number of carbonyl (C=O) groups excluding carboxylic acids is 2. The molecule has 0 rings (SSSR count). The lowest BCUT2D eigenvalue weighted by Gasteiger charge is -2.24. The van der Waals surface area contributed by atoms with Crippen molar-refractivity contribution in [2.45, 2.75) is 289 Å². The minimum absolute atomic E-state index is 0.0724. The Hall–Kier alpha value is -1.92. The molecule has 0 radical (unpaired) electrons. The maximum absolute atomic E-state index is 13.2. The molecule has 0 saturated heterocycles. The van der Waals surface area contributed by atoms with Crippen molar-refractivity contribution >= 4 is 11.9 Å². The molecule has 0 aromatic heterocycles. The molecular weight excluding hydrogens is 743 g/mol.